The van der Waals surface area contributed by atoms with E-state index in [1.54, 1.807) is 12.2 Å². The molecule has 1 saturated carbocycles. The van der Waals surface area contributed by atoms with Gasteiger partial charge in [0.25, 0.3) is 5.91 Å². The maximum absolute atomic E-state index is 14.0. The zero-order valence-electron chi connectivity index (χ0n) is 32.1. The van der Waals surface area contributed by atoms with Gasteiger partial charge >= 0.3 is 31.7 Å². The van der Waals surface area contributed by atoms with Crippen LogP contribution >= 0.6 is 7.60 Å². The summed E-state index contributed by atoms with van der Waals surface area (Å²) < 4.78 is 62.6. The number of alkyl carbamates (subject to hydrolysis) is 1. The number of aliphatic carboxylic acids is 1. The average molecular weight is 834 g/mol. The number of carbonyl (C=O) groups is 6. The fourth-order valence-electron chi connectivity index (χ4n) is 6.35. The maximum atomic E-state index is 14.0. The Morgan fingerprint density at radius 3 is 2.18 bits per heavy atom. The SMILES string of the molecule is CCCCC(NC(=O)[C@H](CCCCNC(=O)OCc1ccccc1)NC(=O)C1CCC1)P(=O)(O)O[C@@H](CCCCNC(=O)C(F)(F)F)C(=O)N1CCC[C@H]1C(=O)O. The molecule has 16 nitrogen and oxygen atoms in total. The number of alkyl halides is 3. The molecule has 0 radical (unpaired) electrons. The van der Waals surface area contributed by atoms with Crippen LogP contribution in [0, 0.1) is 5.92 Å². The number of hydrogen-bond acceptors (Lipinski definition) is 9. The van der Waals surface area contributed by atoms with Gasteiger partial charge in [-0.2, -0.15) is 13.2 Å². The van der Waals surface area contributed by atoms with Crippen molar-refractivity contribution in [3.63, 3.8) is 0 Å². The molecule has 3 rings (SSSR count). The smallest absolute Gasteiger partial charge is 0.471 e. The van der Waals surface area contributed by atoms with Crippen LogP contribution in [0.5, 0.6) is 0 Å². The summed E-state index contributed by atoms with van der Waals surface area (Å²) in [5.41, 5.74) is 0.814. The number of ether oxygens (including phenoxy) is 1. The highest BCUT2D eigenvalue weighted by atomic mass is 31.2. The zero-order valence-corrected chi connectivity index (χ0v) is 33.0. The summed E-state index contributed by atoms with van der Waals surface area (Å²) in [5, 5.41) is 19.3. The number of unbranched alkanes of at least 4 members (excludes halogenated alkanes) is 3. The van der Waals surface area contributed by atoms with Crippen LogP contribution in [0.15, 0.2) is 30.3 Å². The van der Waals surface area contributed by atoms with Crippen molar-refractivity contribution < 1.29 is 65.8 Å². The normalized spacial score (nSPS) is 18.3. The number of carboxylic acids is 1. The minimum absolute atomic E-state index is 0.0236. The second-order valence-corrected chi connectivity index (χ2v) is 16.2. The third-order valence-corrected chi connectivity index (χ3v) is 11.6. The summed E-state index contributed by atoms with van der Waals surface area (Å²) >= 11 is 0. The topological polar surface area (TPSA) is 230 Å². The monoisotopic (exact) mass is 833 g/mol. The molecule has 0 aromatic heterocycles. The molecule has 57 heavy (non-hydrogen) atoms. The molecule has 1 aliphatic heterocycles. The molecule has 1 saturated heterocycles. The van der Waals surface area contributed by atoms with E-state index in [1.165, 1.54) is 0 Å². The second-order valence-electron chi connectivity index (χ2n) is 14.3. The number of carboxylic acid groups (broad SMARTS) is 1. The Bertz CT molecular complexity index is 1550. The molecular formula is C37H55F3N5O11P. The van der Waals surface area contributed by atoms with E-state index in [1.807, 2.05) is 30.3 Å². The molecule has 1 heterocycles. The van der Waals surface area contributed by atoms with Crippen molar-refractivity contribution in [3.8, 4) is 0 Å². The van der Waals surface area contributed by atoms with Gasteiger partial charge in [0.1, 0.15) is 30.6 Å². The number of benzene rings is 1. The van der Waals surface area contributed by atoms with Crippen molar-refractivity contribution >= 4 is 43.3 Å². The number of amides is 5. The van der Waals surface area contributed by atoms with E-state index in [4.69, 9.17) is 9.26 Å². The van der Waals surface area contributed by atoms with E-state index in [-0.39, 0.29) is 70.0 Å². The molecule has 1 aromatic rings. The van der Waals surface area contributed by atoms with Crippen molar-refractivity contribution in [3.05, 3.63) is 35.9 Å². The molecule has 6 N–H and O–H groups in total. The number of nitrogens with one attached hydrogen (secondary N) is 4. The van der Waals surface area contributed by atoms with Crippen LogP contribution in [0.1, 0.15) is 102 Å². The Kier molecular flexibility index (Phi) is 19.2. The quantitative estimate of drug-likeness (QED) is 0.0628. The average Bonchev–Trinajstić information content (AvgIpc) is 3.64. The summed E-state index contributed by atoms with van der Waals surface area (Å²) in [6, 6.07) is 6.75. The highest BCUT2D eigenvalue weighted by Crippen LogP contribution is 2.50. The van der Waals surface area contributed by atoms with Crippen molar-refractivity contribution in [2.75, 3.05) is 19.6 Å². The van der Waals surface area contributed by atoms with Gasteiger partial charge in [-0.3, -0.25) is 28.3 Å². The largest absolute Gasteiger partial charge is 0.480 e. The number of likely N-dealkylation sites (tertiary alicyclic amines) is 1. The Morgan fingerprint density at radius 2 is 1.56 bits per heavy atom. The molecule has 0 bridgehead atoms. The molecule has 5 atom stereocenters. The van der Waals surface area contributed by atoms with Crippen LogP contribution in [0.2, 0.25) is 0 Å². The highest BCUT2D eigenvalue weighted by Gasteiger charge is 2.43. The summed E-state index contributed by atoms with van der Waals surface area (Å²) in [4.78, 5) is 88.0. The number of hydrogen-bond donors (Lipinski definition) is 6. The zero-order chi connectivity index (χ0) is 42.0. The van der Waals surface area contributed by atoms with Crippen molar-refractivity contribution in [1.29, 1.82) is 0 Å². The van der Waals surface area contributed by atoms with Gasteiger partial charge in [0, 0.05) is 25.6 Å². The van der Waals surface area contributed by atoms with Gasteiger partial charge in [-0.25, -0.2) is 9.59 Å². The Morgan fingerprint density at radius 1 is 0.895 bits per heavy atom. The summed E-state index contributed by atoms with van der Waals surface area (Å²) in [6.07, 6.45) is -3.56. The molecule has 0 spiro atoms. The minimum Gasteiger partial charge on any atom is -0.480 e. The highest BCUT2D eigenvalue weighted by molar-refractivity contribution is 7.53. The first-order valence-electron chi connectivity index (χ1n) is 19.5. The maximum Gasteiger partial charge on any atom is 0.471 e. The van der Waals surface area contributed by atoms with Crippen LogP contribution in [0.3, 0.4) is 0 Å². The summed E-state index contributed by atoms with van der Waals surface area (Å²) in [5.74, 6) is -7.29. The molecule has 1 aromatic carbocycles. The number of halogens is 3. The molecule has 2 aliphatic rings. The van der Waals surface area contributed by atoms with Crippen molar-refractivity contribution in [1.82, 2.24) is 26.2 Å². The van der Waals surface area contributed by atoms with E-state index >= 15 is 0 Å². The fourth-order valence-corrected chi connectivity index (χ4v) is 7.86. The molecule has 5 amide bonds. The van der Waals surface area contributed by atoms with Gasteiger partial charge in [-0.15, -0.1) is 0 Å². The van der Waals surface area contributed by atoms with E-state index in [2.05, 4.69) is 16.0 Å². The van der Waals surface area contributed by atoms with Gasteiger partial charge in [0.15, 0.2) is 0 Å². The van der Waals surface area contributed by atoms with Gasteiger partial charge in [0.05, 0.1) is 0 Å². The molecular weight excluding hydrogens is 778 g/mol. The predicted octanol–water partition coefficient (Wildman–Crippen LogP) is 4.50. The Hall–Kier alpha value is -4.22. The first-order valence-corrected chi connectivity index (χ1v) is 21.1. The summed E-state index contributed by atoms with van der Waals surface area (Å²) in [7, 11) is -4.96. The van der Waals surface area contributed by atoms with Crippen LogP contribution in [-0.4, -0.2) is 100 Å². The molecule has 2 fully saturated rings. The van der Waals surface area contributed by atoms with Crippen LogP contribution in [0.25, 0.3) is 0 Å². The van der Waals surface area contributed by atoms with Crippen LogP contribution < -0.4 is 21.3 Å². The lowest BCUT2D eigenvalue weighted by Gasteiger charge is -2.32. The fraction of sp³-hybridized carbons (Fsp3) is 0.676. The Labute approximate surface area is 329 Å². The lowest BCUT2D eigenvalue weighted by atomic mass is 9.84. The van der Waals surface area contributed by atoms with Crippen LogP contribution in [0.4, 0.5) is 18.0 Å². The van der Waals surface area contributed by atoms with Gasteiger partial charge in [0.2, 0.25) is 11.8 Å². The standard InChI is InChI=1S/C37H55F3N5O11P/c1-2-3-20-30(57(53,54)56-29(19-8-10-21-41-35(51)37(38,39)40)33(48)45-23-12-18-28(45)34(49)50)44-32(47)27(43-31(46)26-15-11-16-26)17-7-9-22-42-36(52)55-24-25-13-5-4-6-14-25/h4-6,13-14,26-30H,2-3,7-12,15-24H2,1H3,(H,41,51)(H,42,52)(H,43,46)(H,44,47)(H,49,50)(H,53,54)/t27-,28-,29-,30?/m0/s1. The number of rotatable bonds is 24. The molecule has 2 unspecified atom stereocenters. The Balaban J connectivity index is 1.69. The van der Waals surface area contributed by atoms with Crippen molar-refractivity contribution in [2.24, 2.45) is 5.92 Å². The first kappa shape index (κ1) is 47.2. The third kappa shape index (κ3) is 15.9. The predicted molar refractivity (Wildman–Crippen MR) is 199 cm³/mol. The summed E-state index contributed by atoms with van der Waals surface area (Å²) in [6.45, 7) is 1.70. The first-order chi connectivity index (χ1) is 27.0. The number of carbonyl (C=O) groups excluding carboxylic acids is 5. The van der Waals surface area contributed by atoms with E-state index in [0.717, 1.165) is 16.9 Å². The van der Waals surface area contributed by atoms with Gasteiger partial charge < -0.3 is 40.9 Å². The molecule has 320 valence electrons. The lowest BCUT2D eigenvalue weighted by molar-refractivity contribution is -0.173. The van der Waals surface area contributed by atoms with Gasteiger partial charge in [-0.05, 0) is 76.2 Å². The van der Waals surface area contributed by atoms with E-state index < -0.39 is 74.1 Å². The minimum atomic E-state index is -5.10. The second kappa shape index (κ2) is 23.3. The van der Waals surface area contributed by atoms with E-state index in [9.17, 15) is 56.5 Å². The van der Waals surface area contributed by atoms with E-state index in [0.29, 0.717) is 44.9 Å². The molecule has 20 heteroatoms. The molecule has 1 aliphatic carbocycles. The number of nitrogens with zero attached hydrogens (tertiary/aromatic N) is 1. The van der Waals surface area contributed by atoms with Gasteiger partial charge in [-0.1, -0.05) is 56.5 Å². The third-order valence-electron chi connectivity index (χ3n) is 9.86. The lowest BCUT2D eigenvalue weighted by Crippen LogP contribution is -2.52. The van der Waals surface area contributed by atoms with Crippen molar-refractivity contribution in [2.45, 2.75) is 134 Å². The van der Waals surface area contributed by atoms with Crippen LogP contribution in [-0.2, 0) is 44.4 Å².